The number of amides is 1. The molecule has 1 N–H and O–H groups in total. The van der Waals surface area contributed by atoms with E-state index in [1.807, 2.05) is 11.4 Å². The zero-order valence-corrected chi connectivity index (χ0v) is 12.6. The Labute approximate surface area is 126 Å². The molecule has 5 heteroatoms. The molecule has 0 spiro atoms. The monoisotopic (exact) mass is 307 g/mol. The van der Waals surface area contributed by atoms with Gasteiger partial charge in [0.1, 0.15) is 11.9 Å². The summed E-state index contributed by atoms with van der Waals surface area (Å²) in [4.78, 5) is 11.0. The van der Waals surface area contributed by atoms with Gasteiger partial charge in [-0.05, 0) is 40.1 Å². The van der Waals surface area contributed by atoms with Crippen LogP contribution in [0, 0.1) is 0 Å². The van der Waals surface area contributed by atoms with Gasteiger partial charge in [0.2, 0.25) is 5.91 Å². The fourth-order valence-corrected chi connectivity index (χ4v) is 3.30. The van der Waals surface area contributed by atoms with Crippen LogP contribution in [-0.4, -0.2) is 18.6 Å². The van der Waals surface area contributed by atoms with Gasteiger partial charge in [-0.2, -0.15) is 11.3 Å². The number of rotatable bonds is 3. The highest BCUT2D eigenvalue weighted by molar-refractivity contribution is 7.08. The van der Waals surface area contributed by atoms with Gasteiger partial charge in [-0.25, -0.2) is 0 Å². The van der Waals surface area contributed by atoms with E-state index in [0.29, 0.717) is 11.6 Å². The van der Waals surface area contributed by atoms with E-state index >= 15 is 0 Å². The summed E-state index contributed by atoms with van der Waals surface area (Å²) in [6.45, 7) is 2.01. The predicted molar refractivity (Wildman–Crippen MR) is 81.6 cm³/mol. The van der Waals surface area contributed by atoms with Gasteiger partial charge >= 0.3 is 0 Å². The lowest BCUT2D eigenvalue weighted by atomic mass is 10.0. The predicted octanol–water partition coefficient (Wildman–Crippen LogP) is 3.51. The quantitative estimate of drug-likeness (QED) is 0.942. The average molecular weight is 308 g/mol. The maximum absolute atomic E-state index is 11.0. The fraction of sp³-hybridized carbons (Fsp3) is 0.267. The number of nitrogens with one attached hydrogen (secondary N) is 1. The third kappa shape index (κ3) is 2.67. The molecular weight excluding hydrogens is 294 g/mol. The second-order valence-corrected chi connectivity index (χ2v) is 6.03. The average Bonchev–Trinajstić information content (AvgIpc) is 3.05. The zero-order chi connectivity index (χ0) is 14.1. The van der Waals surface area contributed by atoms with Gasteiger partial charge in [-0.3, -0.25) is 4.79 Å². The second-order valence-electron chi connectivity index (χ2n) is 4.84. The van der Waals surface area contributed by atoms with Crippen molar-refractivity contribution < 1.29 is 9.53 Å². The molecule has 2 heterocycles. The van der Waals surface area contributed by atoms with Crippen LogP contribution in [0.1, 0.15) is 12.5 Å². The standard InChI is InChI=1S/C15H14ClNO2S/c1-9(18)17-7-13-5-12-4-11(10-2-3-20-8-10)6-14(16)15(12)19-13/h2-4,6,8,13H,5,7H2,1H3,(H,17,18)/t13-/m1/s1. The van der Waals surface area contributed by atoms with E-state index in [2.05, 4.69) is 22.8 Å². The van der Waals surface area contributed by atoms with Crippen molar-refractivity contribution in [2.45, 2.75) is 19.4 Å². The van der Waals surface area contributed by atoms with Gasteiger partial charge in [0.05, 0.1) is 11.6 Å². The first-order chi connectivity index (χ1) is 9.63. The van der Waals surface area contributed by atoms with Crippen molar-refractivity contribution in [1.29, 1.82) is 0 Å². The number of thiophene rings is 1. The number of ether oxygens (including phenoxy) is 1. The molecule has 0 bridgehead atoms. The minimum atomic E-state index is -0.0467. The first-order valence-corrected chi connectivity index (χ1v) is 7.71. The zero-order valence-electron chi connectivity index (χ0n) is 11.0. The van der Waals surface area contributed by atoms with Gasteiger partial charge in [-0.1, -0.05) is 11.6 Å². The molecule has 1 aliphatic heterocycles. The Kier molecular flexibility index (Phi) is 3.68. The smallest absolute Gasteiger partial charge is 0.217 e. The summed E-state index contributed by atoms with van der Waals surface area (Å²) in [5.74, 6) is 0.704. The highest BCUT2D eigenvalue weighted by Gasteiger charge is 2.26. The Morgan fingerprint density at radius 2 is 2.35 bits per heavy atom. The maximum Gasteiger partial charge on any atom is 0.217 e. The Hall–Kier alpha value is -1.52. The molecule has 0 radical (unpaired) electrons. The Bertz CT molecular complexity index is 640. The summed E-state index contributed by atoms with van der Waals surface area (Å²) >= 11 is 7.97. The number of fused-ring (bicyclic) bond motifs is 1. The molecule has 0 saturated heterocycles. The van der Waals surface area contributed by atoms with Crippen LogP contribution in [0.4, 0.5) is 0 Å². The first kappa shape index (κ1) is 13.5. The van der Waals surface area contributed by atoms with Crippen molar-refractivity contribution in [3.63, 3.8) is 0 Å². The van der Waals surface area contributed by atoms with Gasteiger partial charge in [0, 0.05) is 18.9 Å². The number of halogens is 1. The topological polar surface area (TPSA) is 38.3 Å². The molecule has 0 fully saturated rings. The van der Waals surface area contributed by atoms with Crippen LogP contribution in [0.15, 0.2) is 29.0 Å². The van der Waals surface area contributed by atoms with Crippen LogP contribution in [0.2, 0.25) is 5.02 Å². The van der Waals surface area contributed by atoms with Crippen molar-refractivity contribution in [3.8, 4) is 16.9 Å². The minimum Gasteiger partial charge on any atom is -0.486 e. The summed E-state index contributed by atoms with van der Waals surface area (Å²) < 4.78 is 5.82. The number of benzene rings is 1. The highest BCUT2D eigenvalue weighted by atomic mass is 35.5. The Morgan fingerprint density at radius 3 is 3.05 bits per heavy atom. The van der Waals surface area contributed by atoms with Gasteiger partial charge in [-0.15, -0.1) is 0 Å². The largest absolute Gasteiger partial charge is 0.486 e. The molecule has 1 aromatic heterocycles. The van der Waals surface area contributed by atoms with Crippen LogP contribution in [0.5, 0.6) is 5.75 Å². The van der Waals surface area contributed by atoms with E-state index in [-0.39, 0.29) is 12.0 Å². The van der Waals surface area contributed by atoms with E-state index < -0.39 is 0 Å². The van der Waals surface area contributed by atoms with Crippen molar-refractivity contribution in [2.24, 2.45) is 0 Å². The molecule has 0 unspecified atom stereocenters. The van der Waals surface area contributed by atoms with E-state index in [0.717, 1.165) is 23.3 Å². The lowest BCUT2D eigenvalue weighted by molar-refractivity contribution is -0.119. The van der Waals surface area contributed by atoms with Crippen LogP contribution >= 0.6 is 22.9 Å². The van der Waals surface area contributed by atoms with E-state index in [9.17, 15) is 4.79 Å². The Morgan fingerprint density at radius 1 is 1.50 bits per heavy atom. The van der Waals surface area contributed by atoms with Crippen molar-refractivity contribution >= 4 is 28.8 Å². The van der Waals surface area contributed by atoms with Crippen LogP contribution < -0.4 is 10.1 Å². The molecule has 1 amide bonds. The van der Waals surface area contributed by atoms with Crippen LogP contribution in [0.3, 0.4) is 0 Å². The van der Waals surface area contributed by atoms with E-state index in [1.165, 1.54) is 12.5 Å². The molecule has 3 nitrogen and oxygen atoms in total. The minimum absolute atomic E-state index is 0.0378. The van der Waals surface area contributed by atoms with Crippen molar-refractivity contribution in [2.75, 3.05) is 6.54 Å². The molecule has 2 aromatic rings. The molecule has 20 heavy (non-hydrogen) atoms. The summed E-state index contributed by atoms with van der Waals surface area (Å²) in [6, 6.07) is 6.13. The molecule has 104 valence electrons. The van der Waals surface area contributed by atoms with Crippen molar-refractivity contribution in [1.82, 2.24) is 5.32 Å². The summed E-state index contributed by atoms with van der Waals surface area (Å²) in [5, 5.41) is 7.56. The lowest BCUT2D eigenvalue weighted by Gasteiger charge is -2.11. The van der Waals surface area contributed by atoms with Crippen LogP contribution in [-0.2, 0) is 11.2 Å². The number of carbonyl (C=O) groups excluding carboxylic acids is 1. The lowest BCUT2D eigenvalue weighted by Crippen LogP contribution is -2.32. The molecular formula is C15H14ClNO2S. The number of hydrogen-bond donors (Lipinski definition) is 1. The summed E-state index contributed by atoms with van der Waals surface area (Å²) in [5.41, 5.74) is 3.39. The van der Waals surface area contributed by atoms with E-state index in [4.69, 9.17) is 16.3 Å². The SMILES string of the molecule is CC(=O)NC[C@H]1Cc2cc(-c3ccsc3)cc(Cl)c2O1. The van der Waals surface area contributed by atoms with Crippen molar-refractivity contribution in [3.05, 3.63) is 39.5 Å². The van der Waals surface area contributed by atoms with Gasteiger partial charge in [0.25, 0.3) is 0 Å². The van der Waals surface area contributed by atoms with Crippen LogP contribution in [0.25, 0.3) is 11.1 Å². The normalized spacial score (nSPS) is 16.6. The third-order valence-electron chi connectivity index (χ3n) is 3.29. The molecule has 3 rings (SSSR count). The maximum atomic E-state index is 11.0. The number of hydrogen-bond acceptors (Lipinski definition) is 3. The molecule has 0 saturated carbocycles. The van der Waals surface area contributed by atoms with Gasteiger partial charge in [0.15, 0.2) is 0 Å². The first-order valence-electron chi connectivity index (χ1n) is 6.39. The molecule has 0 aliphatic carbocycles. The van der Waals surface area contributed by atoms with Gasteiger partial charge < -0.3 is 10.1 Å². The highest BCUT2D eigenvalue weighted by Crippen LogP contribution is 2.39. The van der Waals surface area contributed by atoms with E-state index in [1.54, 1.807) is 11.3 Å². The third-order valence-corrected chi connectivity index (χ3v) is 4.25. The second kappa shape index (κ2) is 5.46. The number of carbonyl (C=O) groups is 1. The molecule has 1 aromatic carbocycles. The fourth-order valence-electron chi connectivity index (χ4n) is 2.35. The molecule has 1 aliphatic rings. The Balaban J connectivity index is 1.83. The molecule has 1 atom stereocenters. The summed E-state index contributed by atoms with van der Waals surface area (Å²) in [7, 11) is 0. The summed E-state index contributed by atoms with van der Waals surface area (Å²) in [6.07, 6.45) is 0.733.